The molecule has 1 aliphatic rings. The first-order valence-corrected chi connectivity index (χ1v) is 5.76. The Balaban J connectivity index is 2.79. The van der Waals surface area contributed by atoms with Crippen LogP contribution in [0.3, 0.4) is 0 Å². The van der Waals surface area contributed by atoms with Crippen molar-refractivity contribution >= 4 is 5.97 Å². The van der Waals surface area contributed by atoms with Gasteiger partial charge in [0.1, 0.15) is 5.60 Å². The lowest BCUT2D eigenvalue weighted by molar-refractivity contribution is -0.163. The SMILES string of the molecule is CC(C)(C)OC(=O)C1C(CO)CNC1(C)C. The zero-order valence-electron chi connectivity index (χ0n) is 10.8. The Morgan fingerprint density at radius 2 is 2.06 bits per heavy atom. The predicted octanol–water partition coefficient (Wildman–Crippen LogP) is 0.935. The van der Waals surface area contributed by atoms with E-state index in [9.17, 15) is 9.90 Å². The second-order valence-electron chi connectivity index (χ2n) is 6.06. The van der Waals surface area contributed by atoms with Gasteiger partial charge in [0.25, 0.3) is 0 Å². The average molecular weight is 229 g/mol. The van der Waals surface area contributed by atoms with E-state index >= 15 is 0 Å². The van der Waals surface area contributed by atoms with Crippen molar-refractivity contribution in [3.05, 3.63) is 0 Å². The highest BCUT2D eigenvalue weighted by Gasteiger charge is 2.47. The molecule has 1 saturated heterocycles. The summed E-state index contributed by atoms with van der Waals surface area (Å²) in [6, 6.07) is 0. The third kappa shape index (κ3) is 2.95. The van der Waals surface area contributed by atoms with Crippen LogP contribution in [-0.2, 0) is 9.53 Å². The fourth-order valence-corrected chi connectivity index (χ4v) is 2.23. The van der Waals surface area contributed by atoms with Gasteiger partial charge in [0.15, 0.2) is 0 Å². The molecule has 0 aromatic rings. The molecule has 2 N–H and O–H groups in total. The zero-order chi connectivity index (χ0) is 12.6. The van der Waals surface area contributed by atoms with E-state index in [-0.39, 0.29) is 30.0 Å². The van der Waals surface area contributed by atoms with Crippen molar-refractivity contribution in [3.63, 3.8) is 0 Å². The van der Waals surface area contributed by atoms with Crippen LogP contribution in [0.1, 0.15) is 34.6 Å². The number of ether oxygens (including phenoxy) is 1. The molecule has 4 nitrogen and oxygen atoms in total. The minimum atomic E-state index is -0.476. The van der Waals surface area contributed by atoms with Gasteiger partial charge < -0.3 is 15.2 Å². The van der Waals surface area contributed by atoms with Crippen LogP contribution in [0, 0.1) is 11.8 Å². The van der Waals surface area contributed by atoms with Crippen molar-refractivity contribution in [3.8, 4) is 0 Å². The molecule has 94 valence electrons. The number of hydrogen-bond acceptors (Lipinski definition) is 4. The molecule has 1 aliphatic heterocycles. The minimum absolute atomic E-state index is 0.0142. The molecule has 4 heteroatoms. The summed E-state index contributed by atoms with van der Waals surface area (Å²) >= 11 is 0. The number of aliphatic hydroxyl groups excluding tert-OH is 1. The van der Waals surface area contributed by atoms with Crippen LogP contribution in [0.4, 0.5) is 0 Å². The smallest absolute Gasteiger partial charge is 0.311 e. The summed E-state index contributed by atoms with van der Waals surface area (Å²) in [4.78, 5) is 12.1. The maximum Gasteiger partial charge on any atom is 0.311 e. The highest BCUT2D eigenvalue weighted by atomic mass is 16.6. The molecule has 0 aliphatic carbocycles. The molecule has 16 heavy (non-hydrogen) atoms. The van der Waals surface area contributed by atoms with Crippen molar-refractivity contribution < 1.29 is 14.6 Å². The van der Waals surface area contributed by atoms with E-state index in [4.69, 9.17) is 4.74 Å². The summed E-state index contributed by atoms with van der Waals surface area (Å²) in [5.74, 6) is -0.553. The van der Waals surface area contributed by atoms with Crippen LogP contribution >= 0.6 is 0 Å². The molecule has 0 saturated carbocycles. The second kappa shape index (κ2) is 4.34. The predicted molar refractivity (Wildman–Crippen MR) is 62.0 cm³/mol. The van der Waals surface area contributed by atoms with E-state index in [0.29, 0.717) is 6.54 Å². The molecule has 0 spiro atoms. The van der Waals surface area contributed by atoms with Crippen LogP contribution in [0.5, 0.6) is 0 Å². The van der Waals surface area contributed by atoms with Gasteiger partial charge in [-0.1, -0.05) is 0 Å². The largest absolute Gasteiger partial charge is 0.460 e. The van der Waals surface area contributed by atoms with Crippen molar-refractivity contribution in [2.75, 3.05) is 13.2 Å². The summed E-state index contributed by atoms with van der Waals surface area (Å²) in [6.45, 7) is 10.2. The summed E-state index contributed by atoms with van der Waals surface area (Å²) in [7, 11) is 0. The third-order valence-corrected chi connectivity index (χ3v) is 2.96. The Bertz CT molecular complexity index is 268. The highest BCUT2D eigenvalue weighted by Crippen LogP contribution is 2.32. The van der Waals surface area contributed by atoms with Crippen molar-refractivity contribution in [1.82, 2.24) is 5.32 Å². The maximum atomic E-state index is 12.1. The van der Waals surface area contributed by atoms with Gasteiger partial charge in [0, 0.05) is 24.6 Å². The molecular weight excluding hydrogens is 206 g/mol. The zero-order valence-corrected chi connectivity index (χ0v) is 10.8. The highest BCUT2D eigenvalue weighted by molar-refractivity contribution is 5.75. The van der Waals surface area contributed by atoms with Crippen molar-refractivity contribution in [2.45, 2.75) is 45.8 Å². The number of carbonyl (C=O) groups is 1. The number of rotatable bonds is 2. The summed E-state index contributed by atoms with van der Waals surface area (Å²) in [5, 5.41) is 12.5. The van der Waals surface area contributed by atoms with Gasteiger partial charge in [-0.25, -0.2) is 0 Å². The molecule has 0 radical (unpaired) electrons. The molecule has 1 heterocycles. The summed E-state index contributed by atoms with van der Waals surface area (Å²) in [5.41, 5.74) is -0.786. The number of carbonyl (C=O) groups excluding carboxylic acids is 1. The molecule has 0 amide bonds. The minimum Gasteiger partial charge on any atom is -0.460 e. The normalized spacial score (nSPS) is 29.1. The first-order valence-electron chi connectivity index (χ1n) is 5.76. The Labute approximate surface area is 97.4 Å². The lowest BCUT2D eigenvalue weighted by Gasteiger charge is -2.31. The number of esters is 1. The molecule has 1 rings (SSSR count). The summed E-state index contributed by atoms with van der Waals surface area (Å²) < 4.78 is 5.40. The lowest BCUT2D eigenvalue weighted by Crippen LogP contribution is -2.45. The van der Waals surface area contributed by atoms with E-state index in [2.05, 4.69) is 5.32 Å². The molecule has 1 fully saturated rings. The van der Waals surface area contributed by atoms with Gasteiger partial charge in [-0.15, -0.1) is 0 Å². The molecule has 0 bridgehead atoms. The summed E-state index contributed by atoms with van der Waals surface area (Å²) in [6.07, 6.45) is 0. The first-order chi connectivity index (χ1) is 7.17. The van der Waals surface area contributed by atoms with Gasteiger partial charge in [0.05, 0.1) is 5.92 Å². The maximum absolute atomic E-state index is 12.1. The molecule has 2 atom stereocenters. The fraction of sp³-hybridized carbons (Fsp3) is 0.917. The van der Waals surface area contributed by atoms with Crippen LogP contribution in [0.15, 0.2) is 0 Å². The van der Waals surface area contributed by atoms with Crippen molar-refractivity contribution in [1.29, 1.82) is 0 Å². The van der Waals surface area contributed by atoms with Gasteiger partial charge in [-0.05, 0) is 34.6 Å². The van der Waals surface area contributed by atoms with Gasteiger partial charge in [-0.3, -0.25) is 4.79 Å². The van der Waals surface area contributed by atoms with E-state index in [1.807, 2.05) is 34.6 Å². The Morgan fingerprint density at radius 3 is 2.50 bits per heavy atom. The van der Waals surface area contributed by atoms with Gasteiger partial charge in [0.2, 0.25) is 0 Å². The average Bonchev–Trinajstić information content (AvgIpc) is 2.37. The molecule has 2 unspecified atom stereocenters. The lowest BCUT2D eigenvalue weighted by atomic mass is 9.83. The monoisotopic (exact) mass is 229 g/mol. The standard InChI is InChI=1S/C12H23NO3/c1-11(2,3)16-10(15)9-8(7-14)6-13-12(9,4)5/h8-9,13-14H,6-7H2,1-5H3. The van der Waals surface area contributed by atoms with E-state index in [1.54, 1.807) is 0 Å². The Hall–Kier alpha value is -0.610. The van der Waals surface area contributed by atoms with Gasteiger partial charge in [-0.2, -0.15) is 0 Å². The number of nitrogens with one attached hydrogen (secondary N) is 1. The van der Waals surface area contributed by atoms with Crippen LogP contribution < -0.4 is 5.32 Å². The topological polar surface area (TPSA) is 58.6 Å². The van der Waals surface area contributed by atoms with Gasteiger partial charge >= 0.3 is 5.97 Å². The third-order valence-electron chi connectivity index (χ3n) is 2.96. The van der Waals surface area contributed by atoms with Crippen LogP contribution in [0.2, 0.25) is 0 Å². The van der Waals surface area contributed by atoms with Crippen molar-refractivity contribution in [2.24, 2.45) is 11.8 Å². The molecule has 0 aromatic heterocycles. The Kier molecular flexibility index (Phi) is 3.65. The van der Waals surface area contributed by atoms with E-state index in [1.165, 1.54) is 0 Å². The fourth-order valence-electron chi connectivity index (χ4n) is 2.23. The Morgan fingerprint density at radius 1 is 1.50 bits per heavy atom. The molecular formula is C12H23NO3. The van der Waals surface area contributed by atoms with E-state index < -0.39 is 5.60 Å². The number of aliphatic hydroxyl groups is 1. The quantitative estimate of drug-likeness (QED) is 0.692. The molecule has 0 aromatic carbocycles. The second-order valence-corrected chi connectivity index (χ2v) is 6.06. The first kappa shape index (κ1) is 13.5. The van der Waals surface area contributed by atoms with E-state index in [0.717, 1.165) is 0 Å². The number of hydrogen-bond donors (Lipinski definition) is 2. The van der Waals surface area contributed by atoms with Crippen LogP contribution in [-0.4, -0.2) is 35.4 Å². The van der Waals surface area contributed by atoms with Crippen LogP contribution in [0.25, 0.3) is 0 Å².